The first-order valence-corrected chi connectivity index (χ1v) is 12.5. The fraction of sp³-hybridized carbons (Fsp3) is 0.167. The number of nitrogens with zero attached hydrogens (tertiary/aromatic N) is 3. The number of carboxylic acid groups (broad SMARTS) is 1. The minimum Gasteiger partial charge on any atom is -0.480 e. The molecule has 0 bridgehead atoms. The third kappa shape index (κ3) is 5.38. The fourth-order valence-corrected chi connectivity index (χ4v) is 5.29. The Balaban J connectivity index is 1.73. The van der Waals surface area contributed by atoms with E-state index in [1.807, 2.05) is 60.4 Å². The quantitative estimate of drug-likeness (QED) is 0.257. The van der Waals surface area contributed by atoms with E-state index in [2.05, 4.69) is 19.1 Å². The molecule has 4 rings (SSSR count). The molecule has 6 nitrogen and oxygen atoms in total. The molecule has 1 N–H and O–H groups in total. The summed E-state index contributed by atoms with van der Waals surface area (Å²) in [4.78, 5) is 26.6. The lowest BCUT2D eigenvalue weighted by Crippen LogP contribution is -2.33. The van der Waals surface area contributed by atoms with Gasteiger partial charge < -0.3 is 5.11 Å². The summed E-state index contributed by atoms with van der Waals surface area (Å²) >= 11 is 8.14. The van der Waals surface area contributed by atoms with Gasteiger partial charge in [0.15, 0.2) is 0 Å². The number of amides is 1. The maximum absolute atomic E-state index is 12.8. The molecule has 2 aromatic carbocycles. The van der Waals surface area contributed by atoms with E-state index in [1.165, 1.54) is 4.90 Å². The summed E-state index contributed by atoms with van der Waals surface area (Å²) in [5.74, 6) is -0.450. The molecular formula is C24H21N3O3S3. The molecule has 3 aromatic rings. The lowest BCUT2D eigenvalue weighted by Gasteiger charge is -2.10. The average Bonchev–Trinajstić information content (AvgIpc) is 3.35. The van der Waals surface area contributed by atoms with E-state index in [9.17, 15) is 9.59 Å². The van der Waals surface area contributed by atoms with Gasteiger partial charge in [-0.15, -0.1) is 11.8 Å². The normalized spacial score (nSPS) is 14.9. The maximum Gasteiger partial charge on any atom is 0.323 e. The van der Waals surface area contributed by atoms with Gasteiger partial charge in [0.05, 0.1) is 16.3 Å². The van der Waals surface area contributed by atoms with Gasteiger partial charge >= 0.3 is 5.97 Å². The van der Waals surface area contributed by atoms with E-state index >= 15 is 0 Å². The summed E-state index contributed by atoms with van der Waals surface area (Å²) in [5, 5.41) is 13.9. The third-order valence-electron chi connectivity index (χ3n) is 4.82. The number of thioether (sulfide) groups is 2. The van der Waals surface area contributed by atoms with Crippen molar-refractivity contribution in [2.24, 2.45) is 0 Å². The van der Waals surface area contributed by atoms with Gasteiger partial charge in [-0.1, -0.05) is 61.2 Å². The van der Waals surface area contributed by atoms with E-state index in [4.69, 9.17) is 22.4 Å². The van der Waals surface area contributed by atoms with Crippen LogP contribution in [0.1, 0.15) is 18.9 Å². The molecule has 33 heavy (non-hydrogen) atoms. The van der Waals surface area contributed by atoms with Crippen LogP contribution < -0.4 is 0 Å². The number of carbonyl (C=O) groups excluding carboxylic acids is 1. The first-order valence-electron chi connectivity index (χ1n) is 10.3. The highest BCUT2D eigenvalue weighted by molar-refractivity contribution is 8.26. The molecule has 0 spiro atoms. The minimum atomic E-state index is -1.11. The second kappa shape index (κ2) is 10.4. The average molecular weight is 496 g/mol. The molecule has 0 unspecified atom stereocenters. The summed E-state index contributed by atoms with van der Waals surface area (Å²) < 4.78 is 2.02. The SMILES string of the molecule is CCCSc1ccc(-c2nn(-c3ccccc3)cc2/C=C2\SC(=S)N(CC(=O)O)C2=O)cc1. The highest BCUT2D eigenvalue weighted by Gasteiger charge is 2.33. The number of hydrogen-bond donors (Lipinski definition) is 1. The molecule has 1 saturated heterocycles. The Labute approximate surface area is 205 Å². The Morgan fingerprint density at radius 2 is 1.91 bits per heavy atom. The van der Waals surface area contributed by atoms with E-state index < -0.39 is 18.4 Å². The molecule has 0 atom stereocenters. The number of carbonyl (C=O) groups is 2. The first-order chi connectivity index (χ1) is 16.0. The van der Waals surface area contributed by atoms with Crippen molar-refractivity contribution in [2.45, 2.75) is 18.2 Å². The zero-order valence-electron chi connectivity index (χ0n) is 17.8. The minimum absolute atomic E-state index is 0.239. The van der Waals surface area contributed by atoms with Crippen molar-refractivity contribution in [3.63, 3.8) is 0 Å². The highest BCUT2D eigenvalue weighted by atomic mass is 32.2. The molecule has 1 aliphatic heterocycles. The zero-order valence-corrected chi connectivity index (χ0v) is 20.3. The van der Waals surface area contributed by atoms with Crippen LogP contribution in [-0.2, 0) is 9.59 Å². The number of rotatable bonds is 8. The second-order valence-corrected chi connectivity index (χ2v) is 10.1. The summed E-state index contributed by atoms with van der Waals surface area (Å²) in [5.41, 5.74) is 3.31. The molecule has 0 saturated carbocycles. The van der Waals surface area contributed by atoms with Crippen molar-refractivity contribution in [2.75, 3.05) is 12.3 Å². The molecule has 2 heterocycles. The molecule has 1 aliphatic rings. The number of benzene rings is 2. The van der Waals surface area contributed by atoms with E-state index in [-0.39, 0.29) is 4.32 Å². The monoisotopic (exact) mass is 495 g/mol. The van der Waals surface area contributed by atoms with Crippen molar-refractivity contribution in [3.8, 4) is 16.9 Å². The largest absolute Gasteiger partial charge is 0.480 e. The van der Waals surface area contributed by atoms with Gasteiger partial charge in [-0.3, -0.25) is 14.5 Å². The van der Waals surface area contributed by atoms with Crippen molar-refractivity contribution in [3.05, 3.63) is 71.3 Å². The lowest BCUT2D eigenvalue weighted by molar-refractivity contribution is -0.140. The van der Waals surface area contributed by atoms with Gasteiger partial charge in [0, 0.05) is 22.2 Å². The topological polar surface area (TPSA) is 75.4 Å². The molecule has 1 amide bonds. The van der Waals surface area contributed by atoms with Gasteiger partial charge in [0.25, 0.3) is 5.91 Å². The van der Waals surface area contributed by atoms with Crippen molar-refractivity contribution < 1.29 is 14.7 Å². The molecule has 0 aliphatic carbocycles. The smallest absolute Gasteiger partial charge is 0.323 e. The molecule has 1 aromatic heterocycles. The Morgan fingerprint density at radius 3 is 2.58 bits per heavy atom. The maximum atomic E-state index is 12.8. The van der Waals surface area contributed by atoms with Gasteiger partial charge in [-0.05, 0) is 42.5 Å². The number of hydrogen-bond acceptors (Lipinski definition) is 6. The van der Waals surface area contributed by atoms with Crippen LogP contribution in [0.3, 0.4) is 0 Å². The van der Waals surface area contributed by atoms with Gasteiger partial charge in [0.1, 0.15) is 10.9 Å². The summed E-state index contributed by atoms with van der Waals surface area (Å²) in [7, 11) is 0. The standard InChI is InChI=1S/C24H21N3O3S3/c1-2-12-32-19-10-8-16(9-11-19)22-17(14-27(25-22)18-6-4-3-5-7-18)13-20-23(30)26(15-21(28)29)24(31)33-20/h3-11,13-14H,2,12,15H2,1H3,(H,28,29)/b20-13-. The predicted molar refractivity (Wildman–Crippen MR) is 138 cm³/mol. The lowest BCUT2D eigenvalue weighted by atomic mass is 10.1. The van der Waals surface area contributed by atoms with Gasteiger partial charge in [-0.25, -0.2) is 4.68 Å². The van der Waals surface area contributed by atoms with Crippen molar-refractivity contribution in [1.82, 2.24) is 14.7 Å². The summed E-state index contributed by atoms with van der Waals surface area (Å²) in [6, 6.07) is 17.9. The van der Waals surface area contributed by atoms with Gasteiger partial charge in [0.2, 0.25) is 0 Å². The highest BCUT2D eigenvalue weighted by Crippen LogP contribution is 2.35. The van der Waals surface area contributed by atoms with E-state index in [1.54, 1.807) is 10.8 Å². The Morgan fingerprint density at radius 1 is 1.18 bits per heavy atom. The third-order valence-corrected chi connectivity index (χ3v) is 7.41. The van der Waals surface area contributed by atoms with Crippen LogP contribution in [0.2, 0.25) is 0 Å². The van der Waals surface area contributed by atoms with Crippen LogP contribution in [0.15, 0.2) is 70.6 Å². The van der Waals surface area contributed by atoms with Crippen LogP contribution in [0, 0.1) is 0 Å². The van der Waals surface area contributed by atoms with Crippen molar-refractivity contribution in [1.29, 1.82) is 0 Å². The molecule has 168 valence electrons. The molecular weight excluding hydrogens is 474 g/mol. The van der Waals surface area contributed by atoms with Crippen LogP contribution in [-0.4, -0.2) is 48.3 Å². The number of carboxylic acids is 1. The van der Waals surface area contributed by atoms with E-state index in [0.717, 1.165) is 51.3 Å². The Hall–Kier alpha value is -2.88. The first kappa shape index (κ1) is 23.3. The van der Waals surface area contributed by atoms with Crippen LogP contribution in [0.25, 0.3) is 23.0 Å². The van der Waals surface area contributed by atoms with Crippen LogP contribution in [0.4, 0.5) is 0 Å². The fourth-order valence-electron chi connectivity index (χ4n) is 3.27. The van der Waals surface area contributed by atoms with Crippen molar-refractivity contribution >= 4 is 58.0 Å². The number of para-hydroxylation sites is 1. The van der Waals surface area contributed by atoms with Crippen LogP contribution in [0.5, 0.6) is 0 Å². The Bertz CT molecular complexity index is 1220. The molecule has 0 radical (unpaired) electrons. The zero-order chi connectivity index (χ0) is 23.4. The molecule has 9 heteroatoms. The predicted octanol–water partition coefficient (Wildman–Crippen LogP) is 5.33. The number of thiocarbonyl (C=S) groups is 1. The van der Waals surface area contributed by atoms with Gasteiger partial charge in [-0.2, -0.15) is 5.10 Å². The van der Waals surface area contributed by atoms with Crippen LogP contribution >= 0.6 is 35.7 Å². The summed E-state index contributed by atoms with van der Waals surface area (Å²) in [6.07, 6.45) is 4.72. The van der Waals surface area contributed by atoms with E-state index in [0.29, 0.717) is 4.91 Å². The summed E-state index contributed by atoms with van der Waals surface area (Å²) in [6.45, 7) is 1.71. The second-order valence-electron chi connectivity index (χ2n) is 7.25. The number of aromatic nitrogens is 2. The molecule has 1 fully saturated rings. The Kier molecular flexibility index (Phi) is 7.32. The number of aliphatic carboxylic acids is 1.